The van der Waals surface area contributed by atoms with Crippen molar-refractivity contribution in [1.29, 1.82) is 0 Å². The summed E-state index contributed by atoms with van der Waals surface area (Å²) in [5, 5.41) is 3.37. The maximum atomic E-state index is 3.99. The molecule has 0 unspecified atom stereocenters. The summed E-state index contributed by atoms with van der Waals surface area (Å²) in [6.07, 6.45) is 2.03. The molecule has 1 aliphatic rings. The molecule has 0 aromatic heterocycles. The molecule has 0 spiro atoms. The van der Waals surface area contributed by atoms with Gasteiger partial charge in [-0.1, -0.05) is 37.9 Å². The summed E-state index contributed by atoms with van der Waals surface area (Å²) >= 11 is 7.16. The van der Waals surface area contributed by atoms with E-state index in [1.807, 2.05) is 12.1 Å². The Bertz CT molecular complexity index is 410. The third-order valence-corrected chi connectivity index (χ3v) is 4.26. The van der Waals surface area contributed by atoms with Crippen LogP contribution in [-0.4, -0.2) is 31.1 Å². The van der Waals surface area contributed by atoms with Crippen molar-refractivity contribution in [1.82, 2.24) is 10.2 Å². The van der Waals surface area contributed by atoms with Crippen LogP contribution in [0.4, 0.5) is 0 Å². The Hall–Kier alpha value is 0.420. The summed E-state index contributed by atoms with van der Waals surface area (Å²) in [6, 6.07) is 6.58. The van der Waals surface area contributed by atoms with Crippen LogP contribution >= 0.6 is 56.7 Å². The number of rotatable bonds is 3. The van der Waals surface area contributed by atoms with Gasteiger partial charge in [-0.05, 0) is 23.8 Å². The van der Waals surface area contributed by atoms with E-state index in [0.29, 0.717) is 0 Å². The van der Waals surface area contributed by atoms with Crippen LogP contribution in [-0.2, 0) is 0 Å². The molecule has 0 radical (unpaired) electrons. The molecule has 1 heterocycles. The van der Waals surface area contributed by atoms with E-state index < -0.39 is 0 Å². The highest BCUT2D eigenvalue weighted by Crippen LogP contribution is 2.31. The molecule has 1 aromatic rings. The third-order valence-electron chi connectivity index (χ3n) is 3.04. The fourth-order valence-corrected chi connectivity index (χ4v) is 3.03. The number of hydrogen-bond acceptors (Lipinski definition) is 2. The number of nitrogens with zero attached hydrogens (tertiary/aromatic N) is 1. The lowest BCUT2D eigenvalue weighted by Gasteiger charge is -2.34. The summed E-state index contributed by atoms with van der Waals surface area (Å²) in [6.45, 7) is 8.22. The van der Waals surface area contributed by atoms with Gasteiger partial charge in [0.15, 0.2) is 0 Å². The van der Waals surface area contributed by atoms with E-state index in [9.17, 15) is 0 Å². The smallest absolute Gasteiger partial charge is 0.0541 e. The second-order valence-electron chi connectivity index (χ2n) is 4.13. The minimum Gasteiger partial charge on any atom is -0.314 e. The van der Waals surface area contributed by atoms with Crippen LogP contribution in [0.2, 0.25) is 0 Å². The van der Waals surface area contributed by atoms with Crippen molar-refractivity contribution in [2.75, 3.05) is 26.2 Å². The largest absolute Gasteiger partial charge is 0.314 e. The highest BCUT2D eigenvalue weighted by atomic mass is 79.9. The summed E-state index contributed by atoms with van der Waals surface area (Å²) in [5.41, 5.74) is 1.27. The zero-order valence-corrected chi connectivity index (χ0v) is 15.2. The van der Waals surface area contributed by atoms with Crippen molar-refractivity contribution >= 4 is 56.7 Å². The summed E-state index contributed by atoms with van der Waals surface area (Å²) < 4.78 is 2.25. The van der Waals surface area contributed by atoms with Gasteiger partial charge in [0.2, 0.25) is 0 Å². The van der Waals surface area contributed by atoms with Crippen LogP contribution in [0.15, 0.2) is 39.8 Å². The Morgan fingerprint density at radius 2 is 1.84 bits per heavy atom. The first kappa shape index (κ1) is 19.4. The molecule has 1 atom stereocenters. The summed E-state index contributed by atoms with van der Waals surface area (Å²) in [5.74, 6) is 0. The van der Waals surface area contributed by atoms with Crippen molar-refractivity contribution in [3.8, 4) is 0 Å². The highest BCUT2D eigenvalue weighted by molar-refractivity contribution is 9.11. The maximum absolute atomic E-state index is 3.99. The van der Waals surface area contributed by atoms with Crippen molar-refractivity contribution in [2.45, 2.75) is 6.04 Å². The quantitative estimate of drug-likeness (QED) is 0.720. The summed E-state index contributed by atoms with van der Waals surface area (Å²) in [4.78, 5) is 2.45. The molecule has 0 aliphatic carbocycles. The molecule has 1 fully saturated rings. The standard InChI is InChI=1S/C13H16Br2N2.2ClH/c1-2-13(17-7-5-16-6-8-17)11-9-10(14)3-4-12(11)15;;/h2-4,9,13,16H,1,5-8H2;2*1H/t13-;;/m0../s1. The lowest BCUT2D eigenvalue weighted by molar-refractivity contribution is 0.203. The molecule has 6 heteroatoms. The van der Waals surface area contributed by atoms with Gasteiger partial charge in [-0.3, -0.25) is 4.90 Å². The van der Waals surface area contributed by atoms with Crippen LogP contribution < -0.4 is 5.32 Å². The van der Waals surface area contributed by atoms with Gasteiger partial charge in [-0.2, -0.15) is 0 Å². The molecule has 0 saturated carbocycles. The number of benzene rings is 1. The van der Waals surface area contributed by atoms with Crippen LogP contribution in [0.25, 0.3) is 0 Å². The van der Waals surface area contributed by atoms with E-state index in [1.165, 1.54) is 5.56 Å². The number of piperazine rings is 1. The second kappa shape index (κ2) is 9.37. The SMILES string of the molecule is C=C[C@@H](c1cc(Br)ccc1Br)N1CCNCC1.Cl.Cl. The molecule has 19 heavy (non-hydrogen) atoms. The zero-order chi connectivity index (χ0) is 12.3. The minimum absolute atomic E-state index is 0. The molecular formula is C13H18Br2Cl2N2. The number of hydrogen-bond donors (Lipinski definition) is 1. The highest BCUT2D eigenvalue weighted by Gasteiger charge is 2.21. The Labute approximate surface area is 144 Å². The topological polar surface area (TPSA) is 15.3 Å². The van der Waals surface area contributed by atoms with Gasteiger partial charge >= 0.3 is 0 Å². The molecule has 1 saturated heterocycles. The van der Waals surface area contributed by atoms with Gasteiger partial charge in [-0.25, -0.2) is 0 Å². The van der Waals surface area contributed by atoms with E-state index in [1.54, 1.807) is 0 Å². The lowest BCUT2D eigenvalue weighted by Crippen LogP contribution is -2.44. The van der Waals surface area contributed by atoms with Crippen molar-refractivity contribution in [3.05, 3.63) is 45.4 Å². The summed E-state index contributed by atoms with van der Waals surface area (Å²) in [7, 11) is 0. The average molecular weight is 433 g/mol. The van der Waals surface area contributed by atoms with Crippen LogP contribution in [0, 0.1) is 0 Å². The van der Waals surface area contributed by atoms with E-state index in [0.717, 1.165) is 35.1 Å². The van der Waals surface area contributed by atoms with E-state index in [4.69, 9.17) is 0 Å². The van der Waals surface area contributed by atoms with Crippen molar-refractivity contribution in [3.63, 3.8) is 0 Å². The van der Waals surface area contributed by atoms with Crippen LogP contribution in [0.3, 0.4) is 0 Å². The van der Waals surface area contributed by atoms with Gasteiger partial charge in [-0.15, -0.1) is 31.4 Å². The Morgan fingerprint density at radius 1 is 1.21 bits per heavy atom. The average Bonchev–Trinajstić information content (AvgIpc) is 2.36. The van der Waals surface area contributed by atoms with Crippen molar-refractivity contribution < 1.29 is 0 Å². The van der Waals surface area contributed by atoms with Crippen molar-refractivity contribution in [2.24, 2.45) is 0 Å². The first-order valence-electron chi connectivity index (χ1n) is 5.74. The zero-order valence-electron chi connectivity index (χ0n) is 10.4. The monoisotopic (exact) mass is 430 g/mol. The van der Waals surface area contributed by atoms with E-state index in [2.05, 4.69) is 60.8 Å². The molecule has 0 amide bonds. The molecule has 2 nitrogen and oxygen atoms in total. The van der Waals surface area contributed by atoms with Crippen LogP contribution in [0.5, 0.6) is 0 Å². The number of nitrogens with one attached hydrogen (secondary N) is 1. The molecule has 1 aromatic carbocycles. The van der Waals surface area contributed by atoms with E-state index in [-0.39, 0.29) is 30.9 Å². The molecule has 1 N–H and O–H groups in total. The molecule has 108 valence electrons. The third kappa shape index (κ3) is 5.03. The minimum atomic E-state index is 0. The predicted molar refractivity (Wildman–Crippen MR) is 93.7 cm³/mol. The van der Waals surface area contributed by atoms with Crippen LogP contribution in [0.1, 0.15) is 11.6 Å². The molecule has 0 bridgehead atoms. The number of halogens is 4. The fourth-order valence-electron chi connectivity index (χ4n) is 2.17. The second-order valence-corrected chi connectivity index (χ2v) is 5.90. The first-order valence-corrected chi connectivity index (χ1v) is 7.33. The Balaban J connectivity index is 0.00000162. The first-order chi connectivity index (χ1) is 8.22. The van der Waals surface area contributed by atoms with Gasteiger partial charge < -0.3 is 5.32 Å². The maximum Gasteiger partial charge on any atom is 0.0541 e. The normalized spacial score (nSPS) is 16.9. The lowest BCUT2D eigenvalue weighted by atomic mass is 10.0. The molecule has 2 rings (SSSR count). The molecular weight excluding hydrogens is 415 g/mol. The van der Waals surface area contributed by atoms with Gasteiger partial charge in [0.05, 0.1) is 6.04 Å². The van der Waals surface area contributed by atoms with Gasteiger partial charge in [0.25, 0.3) is 0 Å². The van der Waals surface area contributed by atoms with Gasteiger partial charge in [0, 0.05) is 35.1 Å². The molecule has 1 aliphatic heterocycles. The Morgan fingerprint density at radius 3 is 2.42 bits per heavy atom. The van der Waals surface area contributed by atoms with E-state index >= 15 is 0 Å². The Kier molecular flexibility index (Phi) is 9.58. The van der Waals surface area contributed by atoms with Gasteiger partial charge in [0.1, 0.15) is 0 Å². The fraction of sp³-hybridized carbons (Fsp3) is 0.385. The predicted octanol–water partition coefficient (Wildman–Crippen LogP) is 4.19.